The Labute approximate surface area is 102 Å². The van der Waals surface area contributed by atoms with Gasteiger partial charge in [0.05, 0.1) is 6.10 Å². The van der Waals surface area contributed by atoms with E-state index in [1.54, 1.807) is 12.1 Å². The summed E-state index contributed by atoms with van der Waals surface area (Å²) < 4.78 is 12.9. The average molecular weight is 237 g/mol. The predicted molar refractivity (Wildman–Crippen MR) is 66.4 cm³/mol. The van der Waals surface area contributed by atoms with Gasteiger partial charge < -0.3 is 10.0 Å². The van der Waals surface area contributed by atoms with Gasteiger partial charge in [0.25, 0.3) is 0 Å². The highest BCUT2D eigenvalue weighted by atomic mass is 19.1. The molecule has 0 aliphatic carbocycles. The minimum atomic E-state index is -0.318. The molecule has 1 saturated heterocycles. The minimum absolute atomic E-state index is 0.0966. The van der Waals surface area contributed by atoms with Crippen molar-refractivity contribution in [3.63, 3.8) is 0 Å². The zero-order valence-electron chi connectivity index (χ0n) is 10.4. The van der Waals surface area contributed by atoms with E-state index >= 15 is 0 Å². The molecule has 1 fully saturated rings. The van der Waals surface area contributed by atoms with Crippen LogP contribution in [0.1, 0.15) is 24.8 Å². The molecule has 2 nitrogen and oxygen atoms in total. The summed E-state index contributed by atoms with van der Waals surface area (Å²) in [6, 6.07) is 6.51. The van der Waals surface area contributed by atoms with Crippen LogP contribution in [0, 0.1) is 11.7 Å². The fraction of sp³-hybridized carbons (Fsp3) is 0.571. The summed E-state index contributed by atoms with van der Waals surface area (Å²) >= 11 is 0. The first-order chi connectivity index (χ1) is 8.11. The number of hydrogen-bond acceptors (Lipinski definition) is 2. The van der Waals surface area contributed by atoms with Crippen LogP contribution in [0.2, 0.25) is 0 Å². The van der Waals surface area contributed by atoms with Crippen LogP contribution in [0.15, 0.2) is 24.3 Å². The molecule has 2 rings (SSSR count). The Hall–Kier alpha value is -0.930. The molecule has 1 aliphatic heterocycles. The van der Waals surface area contributed by atoms with Crippen molar-refractivity contribution in [2.45, 2.75) is 25.4 Å². The highest BCUT2D eigenvalue weighted by molar-refractivity contribution is 5.23. The third kappa shape index (κ3) is 2.67. The van der Waals surface area contributed by atoms with E-state index in [1.807, 2.05) is 0 Å². The smallest absolute Gasteiger partial charge is 0.123 e. The van der Waals surface area contributed by atoms with Gasteiger partial charge in [0.15, 0.2) is 0 Å². The van der Waals surface area contributed by atoms with Crippen LogP contribution in [0.3, 0.4) is 0 Å². The molecule has 0 radical (unpaired) electrons. The van der Waals surface area contributed by atoms with Gasteiger partial charge >= 0.3 is 0 Å². The van der Waals surface area contributed by atoms with Crippen molar-refractivity contribution in [3.8, 4) is 0 Å². The van der Waals surface area contributed by atoms with Gasteiger partial charge in [0.1, 0.15) is 5.82 Å². The van der Waals surface area contributed by atoms with E-state index in [9.17, 15) is 9.50 Å². The molecule has 0 bridgehead atoms. The lowest BCUT2D eigenvalue weighted by molar-refractivity contribution is 0.0146. The summed E-state index contributed by atoms with van der Waals surface area (Å²) in [4.78, 5) is 2.24. The first-order valence-corrected chi connectivity index (χ1v) is 6.24. The highest BCUT2D eigenvalue weighted by Crippen LogP contribution is 2.31. The van der Waals surface area contributed by atoms with Crippen molar-refractivity contribution in [1.82, 2.24) is 4.90 Å². The highest BCUT2D eigenvalue weighted by Gasteiger charge is 2.34. The third-order valence-corrected chi connectivity index (χ3v) is 3.77. The Morgan fingerprint density at radius 3 is 2.53 bits per heavy atom. The summed E-state index contributed by atoms with van der Waals surface area (Å²) in [7, 11) is 2.07. The van der Waals surface area contributed by atoms with Crippen molar-refractivity contribution in [2.24, 2.45) is 5.92 Å². The lowest BCUT2D eigenvalue weighted by Gasteiger charge is -2.40. The van der Waals surface area contributed by atoms with Gasteiger partial charge in [0, 0.05) is 19.0 Å². The van der Waals surface area contributed by atoms with Gasteiger partial charge in [-0.15, -0.1) is 0 Å². The van der Waals surface area contributed by atoms with Crippen LogP contribution in [-0.2, 0) is 0 Å². The molecule has 0 aromatic heterocycles. The van der Waals surface area contributed by atoms with Crippen molar-refractivity contribution < 1.29 is 9.50 Å². The molecule has 1 heterocycles. The van der Waals surface area contributed by atoms with E-state index in [-0.39, 0.29) is 17.8 Å². The second kappa shape index (κ2) is 5.15. The van der Waals surface area contributed by atoms with Gasteiger partial charge in [-0.2, -0.15) is 0 Å². The fourth-order valence-corrected chi connectivity index (χ4v) is 2.74. The number of likely N-dealkylation sites (tertiary alicyclic amines) is 1. The number of nitrogens with zero attached hydrogens (tertiary/aromatic N) is 1. The lowest BCUT2D eigenvalue weighted by atomic mass is 9.81. The average Bonchev–Trinajstić information content (AvgIpc) is 2.33. The van der Waals surface area contributed by atoms with Gasteiger partial charge in [-0.3, -0.25) is 0 Å². The number of halogens is 1. The van der Waals surface area contributed by atoms with Crippen LogP contribution in [0.5, 0.6) is 0 Å². The molecule has 0 amide bonds. The molecule has 0 saturated carbocycles. The van der Waals surface area contributed by atoms with Gasteiger partial charge in [0.2, 0.25) is 0 Å². The molecule has 1 aromatic carbocycles. The van der Waals surface area contributed by atoms with Gasteiger partial charge in [-0.1, -0.05) is 19.1 Å². The first-order valence-electron chi connectivity index (χ1n) is 6.24. The standard InChI is InChI=1S/C14H20FNO/c1-3-10-8-16(2)9-13(14(10)17)11-4-6-12(15)7-5-11/h4-7,10,13-14,17H,3,8-9H2,1-2H3. The molecule has 3 atom stereocenters. The van der Waals surface area contributed by atoms with E-state index < -0.39 is 0 Å². The number of piperidine rings is 1. The maximum Gasteiger partial charge on any atom is 0.123 e. The molecule has 94 valence electrons. The van der Waals surface area contributed by atoms with Crippen molar-refractivity contribution in [2.75, 3.05) is 20.1 Å². The van der Waals surface area contributed by atoms with Crippen molar-refractivity contribution in [3.05, 3.63) is 35.6 Å². The summed E-state index contributed by atoms with van der Waals surface area (Å²) in [5.41, 5.74) is 1.03. The molecule has 0 spiro atoms. The summed E-state index contributed by atoms with van der Waals surface area (Å²) in [6.07, 6.45) is 0.657. The fourth-order valence-electron chi connectivity index (χ4n) is 2.74. The number of aliphatic hydroxyl groups excluding tert-OH is 1. The number of likely N-dealkylation sites (N-methyl/N-ethyl adjacent to an activating group) is 1. The molecule has 17 heavy (non-hydrogen) atoms. The van der Waals surface area contributed by atoms with E-state index in [0.29, 0.717) is 5.92 Å². The Kier molecular flexibility index (Phi) is 3.79. The second-order valence-electron chi connectivity index (χ2n) is 5.04. The number of rotatable bonds is 2. The molecular weight excluding hydrogens is 217 g/mol. The normalized spacial score (nSPS) is 30.5. The van der Waals surface area contributed by atoms with E-state index in [1.165, 1.54) is 12.1 Å². The largest absolute Gasteiger partial charge is 0.392 e. The molecule has 3 unspecified atom stereocenters. The zero-order chi connectivity index (χ0) is 12.4. The Bertz CT molecular complexity index is 365. The SMILES string of the molecule is CCC1CN(C)CC(c2ccc(F)cc2)C1O. The summed E-state index contributed by atoms with van der Waals surface area (Å²) in [5, 5.41) is 10.3. The second-order valence-corrected chi connectivity index (χ2v) is 5.04. The maximum atomic E-state index is 12.9. The summed E-state index contributed by atoms with van der Waals surface area (Å²) in [6.45, 7) is 3.88. The molecule has 1 aliphatic rings. The minimum Gasteiger partial charge on any atom is -0.392 e. The number of benzene rings is 1. The van der Waals surface area contributed by atoms with Crippen LogP contribution in [0.4, 0.5) is 4.39 Å². The van der Waals surface area contributed by atoms with Crippen LogP contribution in [-0.4, -0.2) is 36.2 Å². The first kappa shape index (κ1) is 12.5. The molecular formula is C14H20FNO. The number of hydrogen-bond donors (Lipinski definition) is 1. The van der Waals surface area contributed by atoms with Gasteiger partial charge in [-0.05, 0) is 37.1 Å². The van der Waals surface area contributed by atoms with E-state index in [0.717, 1.165) is 25.1 Å². The quantitative estimate of drug-likeness (QED) is 0.852. The third-order valence-electron chi connectivity index (χ3n) is 3.77. The lowest BCUT2D eigenvalue weighted by Crippen LogP contribution is -2.46. The molecule has 1 N–H and O–H groups in total. The van der Waals surface area contributed by atoms with Crippen molar-refractivity contribution >= 4 is 0 Å². The van der Waals surface area contributed by atoms with E-state index in [2.05, 4.69) is 18.9 Å². The Morgan fingerprint density at radius 1 is 1.29 bits per heavy atom. The molecule has 3 heteroatoms. The molecule has 1 aromatic rings. The monoisotopic (exact) mass is 237 g/mol. The summed E-state index contributed by atoms with van der Waals surface area (Å²) in [5.74, 6) is 0.183. The topological polar surface area (TPSA) is 23.5 Å². The maximum absolute atomic E-state index is 12.9. The van der Waals surface area contributed by atoms with E-state index in [4.69, 9.17) is 0 Å². The Morgan fingerprint density at radius 2 is 1.94 bits per heavy atom. The predicted octanol–water partition coefficient (Wildman–Crippen LogP) is 2.24. The Balaban J connectivity index is 2.21. The van der Waals surface area contributed by atoms with Crippen LogP contribution < -0.4 is 0 Å². The van der Waals surface area contributed by atoms with Crippen LogP contribution >= 0.6 is 0 Å². The van der Waals surface area contributed by atoms with Crippen molar-refractivity contribution in [1.29, 1.82) is 0 Å². The van der Waals surface area contributed by atoms with Crippen LogP contribution in [0.25, 0.3) is 0 Å². The van der Waals surface area contributed by atoms with Gasteiger partial charge in [-0.25, -0.2) is 4.39 Å². The number of aliphatic hydroxyl groups is 1. The zero-order valence-corrected chi connectivity index (χ0v) is 10.4.